The van der Waals surface area contributed by atoms with Gasteiger partial charge in [-0.1, -0.05) is 48.5 Å². The van der Waals surface area contributed by atoms with Gasteiger partial charge in [0.2, 0.25) is 5.76 Å². The fourth-order valence-corrected chi connectivity index (χ4v) is 3.11. The van der Waals surface area contributed by atoms with Gasteiger partial charge >= 0.3 is 5.97 Å². The summed E-state index contributed by atoms with van der Waals surface area (Å²) >= 11 is 0. The van der Waals surface area contributed by atoms with E-state index in [-0.39, 0.29) is 12.4 Å². The molecule has 0 aliphatic heterocycles. The molecule has 0 spiro atoms. The summed E-state index contributed by atoms with van der Waals surface area (Å²) < 4.78 is 10.6. The average molecular weight is 331 g/mol. The molecule has 0 saturated heterocycles. The van der Waals surface area contributed by atoms with Crippen molar-refractivity contribution in [3.63, 3.8) is 0 Å². The number of fused-ring (bicyclic) bond motifs is 2. The number of hydrogen-bond donors (Lipinski definition) is 1. The number of carbonyl (C=O) groups excluding carboxylic acids is 1. The molecule has 4 nitrogen and oxygen atoms in total. The Morgan fingerprint density at radius 1 is 1.04 bits per heavy atom. The van der Waals surface area contributed by atoms with Crippen molar-refractivity contribution in [3.8, 4) is 11.1 Å². The molecule has 0 fully saturated rings. The highest BCUT2D eigenvalue weighted by atomic mass is 16.5. The van der Waals surface area contributed by atoms with Crippen LogP contribution >= 0.6 is 0 Å². The summed E-state index contributed by atoms with van der Waals surface area (Å²) in [4.78, 5) is 12.0. The minimum atomic E-state index is -0.539. The standard InChI is InChI=1S/C21H17NO3/c1-2-24-21(23)20-19(22)17-12-14(10-11-18(17)25-20)16-9-5-7-13-6-3-4-8-15(13)16/h3-12H,2,22H2,1H3. The van der Waals surface area contributed by atoms with Crippen LogP contribution in [0, 0.1) is 0 Å². The van der Waals surface area contributed by atoms with Gasteiger partial charge in [0.1, 0.15) is 5.58 Å². The van der Waals surface area contributed by atoms with E-state index in [0.717, 1.165) is 16.5 Å². The molecule has 4 aromatic rings. The van der Waals surface area contributed by atoms with E-state index in [1.54, 1.807) is 6.92 Å². The van der Waals surface area contributed by atoms with Gasteiger partial charge in [-0.05, 0) is 41.0 Å². The molecule has 3 aromatic carbocycles. The average Bonchev–Trinajstić information content (AvgIpc) is 2.98. The monoisotopic (exact) mass is 331 g/mol. The Labute approximate surface area is 144 Å². The van der Waals surface area contributed by atoms with E-state index in [1.807, 2.05) is 36.4 Å². The highest BCUT2D eigenvalue weighted by molar-refractivity contribution is 6.05. The summed E-state index contributed by atoms with van der Waals surface area (Å²) in [5.41, 5.74) is 9.15. The minimum absolute atomic E-state index is 0.0620. The number of nitrogen functional groups attached to an aromatic ring is 1. The van der Waals surface area contributed by atoms with E-state index < -0.39 is 5.97 Å². The van der Waals surface area contributed by atoms with Gasteiger partial charge < -0.3 is 14.9 Å². The molecule has 25 heavy (non-hydrogen) atoms. The van der Waals surface area contributed by atoms with Gasteiger partial charge in [-0.2, -0.15) is 0 Å². The van der Waals surface area contributed by atoms with Crippen molar-refractivity contribution in [3.05, 3.63) is 66.4 Å². The highest BCUT2D eigenvalue weighted by Crippen LogP contribution is 2.35. The summed E-state index contributed by atoms with van der Waals surface area (Å²) in [6.45, 7) is 2.02. The van der Waals surface area contributed by atoms with Crippen molar-refractivity contribution >= 4 is 33.4 Å². The molecule has 0 bridgehead atoms. The van der Waals surface area contributed by atoms with Crippen LogP contribution in [0.5, 0.6) is 0 Å². The number of anilines is 1. The Hall–Kier alpha value is -3.27. The first-order valence-electron chi connectivity index (χ1n) is 8.16. The first-order chi connectivity index (χ1) is 12.2. The van der Waals surface area contributed by atoms with Crippen molar-refractivity contribution in [2.24, 2.45) is 0 Å². The van der Waals surface area contributed by atoms with E-state index in [1.165, 1.54) is 5.39 Å². The second-order valence-corrected chi connectivity index (χ2v) is 5.80. The largest absolute Gasteiger partial charge is 0.460 e. The van der Waals surface area contributed by atoms with Gasteiger partial charge in [0, 0.05) is 5.39 Å². The highest BCUT2D eigenvalue weighted by Gasteiger charge is 2.20. The topological polar surface area (TPSA) is 65.5 Å². The fraction of sp³-hybridized carbons (Fsp3) is 0.0952. The smallest absolute Gasteiger partial charge is 0.376 e. The molecule has 2 N–H and O–H groups in total. The van der Waals surface area contributed by atoms with Crippen LogP contribution in [0.2, 0.25) is 0 Å². The molecule has 124 valence electrons. The van der Waals surface area contributed by atoms with Crippen LogP contribution in [-0.2, 0) is 4.74 Å². The quantitative estimate of drug-likeness (QED) is 0.536. The maximum Gasteiger partial charge on any atom is 0.376 e. The first-order valence-corrected chi connectivity index (χ1v) is 8.16. The third-order valence-corrected chi connectivity index (χ3v) is 4.29. The third kappa shape index (κ3) is 2.52. The van der Waals surface area contributed by atoms with E-state index in [0.29, 0.717) is 16.7 Å². The number of rotatable bonds is 3. The lowest BCUT2D eigenvalue weighted by Crippen LogP contribution is -2.05. The number of ether oxygens (including phenoxy) is 1. The zero-order valence-corrected chi connectivity index (χ0v) is 13.8. The zero-order chi connectivity index (χ0) is 17.4. The zero-order valence-electron chi connectivity index (χ0n) is 13.8. The van der Waals surface area contributed by atoms with Crippen molar-refractivity contribution in [1.82, 2.24) is 0 Å². The summed E-state index contributed by atoms with van der Waals surface area (Å²) in [6.07, 6.45) is 0. The van der Waals surface area contributed by atoms with Crippen molar-refractivity contribution in [2.45, 2.75) is 6.92 Å². The Balaban J connectivity index is 1.89. The Kier molecular flexibility index (Phi) is 3.65. The maximum absolute atomic E-state index is 12.0. The van der Waals surface area contributed by atoms with Crippen LogP contribution < -0.4 is 5.73 Å². The lowest BCUT2D eigenvalue weighted by Gasteiger charge is -2.07. The molecule has 0 aliphatic rings. The molecule has 0 unspecified atom stereocenters. The number of nitrogens with two attached hydrogens (primary N) is 1. The summed E-state index contributed by atoms with van der Waals surface area (Å²) in [7, 11) is 0. The molecule has 0 amide bonds. The van der Waals surface area contributed by atoms with Crippen LogP contribution in [-0.4, -0.2) is 12.6 Å². The fourth-order valence-electron chi connectivity index (χ4n) is 3.11. The molecule has 0 radical (unpaired) electrons. The van der Waals surface area contributed by atoms with E-state index in [2.05, 4.69) is 24.3 Å². The normalized spacial score (nSPS) is 11.1. The molecule has 1 aromatic heterocycles. The molecule has 1 heterocycles. The van der Waals surface area contributed by atoms with Crippen molar-refractivity contribution < 1.29 is 13.9 Å². The molecule has 0 atom stereocenters. The second kappa shape index (κ2) is 5.98. The van der Waals surface area contributed by atoms with Gasteiger partial charge in [-0.25, -0.2) is 4.79 Å². The molecule has 4 heteroatoms. The third-order valence-electron chi connectivity index (χ3n) is 4.29. The number of hydrogen-bond acceptors (Lipinski definition) is 4. The van der Waals surface area contributed by atoms with Gasteiger partial charge in [0.05, 0.1) is 12.3 Å². The van der Waals surface area contributed by atoms with Gasteiger partial charge in [-0.15, -0.1) is 0 Å². The molecular weight excluding hydrogens is 314 g/mol. The molecule has 0 saturated carbocycles. The lowest BCUT2D eigenvalue weighted by atomic mass is 9.97. The number of furan rings is 1. The molecular formula is C21H17NO3. The first kappa shape index (κ1) is 15.3. The Morgan fingerprint density at radius 3 is 2.68 bits per heavy atom. The van der Waals surface area contributed by atoms with Crippen LogP contribution in [0.3, 0.4) is 0 Å². The SMILES string of the molecule is CCOC(=O)c1oc2ccc(-c3cccc4ccccc34)cc2c1N. The number of benzene rings is 3. The predicted octanol–water partition coefficient (Wildman–Crippen LogP) is 5.01. The predicted molar refractivity (Wildman–Crippen MR) is 99.5 cm³/mol. The van der Waals surface area contributed by atoms with E-state index in [4.69, 9.17) is 14.9 Å². The maximum atomic E-state index is 12.0. The Bertz CT molecular complexity index is 1090. The second-order valence-electron chi connectivity index (χ2n) is 5.80. The summed E-state index contributed by atoms with van der Waals surface area (Å²) in [5, 5.41) is 3.05. The molecule has 4 rings (SSSR count). The van der Waals surface area contributed by atoms with Crippen LogP contribution in [0.15, 0.2) is 65.1 Å². The molecule has 0 aliphatic carbocycles. The van der Waals surface area contributed by atoms with Crippen LogP contribution in [0.25, 0.3) is 32.9 Å². The van der Waals surface area contributed by atoms with E-state index >= 15 is 0 Å². The van der Waals surface area contributed by atoms with Crippen molar-refractivity contribution in [1.29, 1.82) is 0 Å². The van der Waals surface area contributed by atoms with Gasteiger partial charge in [0.25, 0.3) is 0 Å². The summed E-state index contributed by atoms with van der Waals surface area (Å²) in [5.74, 6) is -0.477. The minimum Gasteiger partial charge on any atom is -0.460 e. The number of esters is 1. The van der Waals surface area contributed by atoms with Gasteiger partial charge in [-0.3, -0.25) is 0 Å². The van der Waals surface area contributed by atoms with Gasteiger partial charge in [0.15, 0.2) is 0 Å². The summed E-state index contributed by atoms with van der Waals surface area (Å²) in [6, 6.07) is 20.2. The van der Waals surface area contributed by atoms with E-state index in [9.17, 15) is 4.79 Å². The lowest BCUT2D eigenvalue weighted by molar-refractivity contribution is 0.0494. The van der Waals surface area contributed by atoms with Crippen molar-refractivity contribution in [2.75, 3.05) is 12.3 Å². The van der Waals surface area contributed by atoms with Crippen LogP contribution in [0.4, 0.5) is 5.69 Å². The van der Waals surface area contributed by atoms with Crippen LogP contribution in [0.1, 0.15) is 17.5 Å². The Morgan fingerprint density at radius 2 is 1.84 bits per heavy atom. The number of carbonyl (C=O) groups is 1.